The number of rotatable bonds is 9. The van der Waals surface area contributed by atoms with Crippen molar-refractivity contribution in [3.05, 3.63) is 35.6 Å². The lowest BCUT2D eigenvalue weighted by Crippen LogP contribution is -2.32. The highest BCUT2D eigenvalue weighted by Gasteiger charge is 2.35. The van der Waals surface area contributed by atoms with Crippen LogP contribution in [0.4, 0.5) is 4.39 Å². The van der Waals surface area contributed by atoms with Crippen LogP contribution in [0.25, 0.3) is 0 Å². The van der Waals surface area contributed by atoms with Crippen molar-refractivity contribution in [2.45, 2.75) is 44.9 Å². The first-order chi connectivity index (χ1) is 9.70. The van der Waals surface area contributed by atoms with Crippen molar-refractivity contribution in [2.75, 3.05) is 13.2 Å². The zero-order valence-electron chi connectivity index (χ0n) is 12.0. The second-order valence-corrected chi connectivity index (χ2v) is 5.56. The lowest BCUT2D eigenvalue weighted by molar-refractivity contribution is 0.0276. The highest BCUT2D eigenvalue weighted by atomic mass is 19.1. The number of hydrogen-bond donors (Lipinski definition) is 2. The Kier molecular flexibility index (Phi) is 5.95. The molecule has 3 unspecified atom stereocenters. The van der Waals surface area contributed by atoms with E-state index < -0.39 is 6.10 Å². The summed E-state index contributed by atoms with van der Waals surface area (Å²) in [7, 11) is 0. The monoisotopic (exact) mass is 281 g/mol. The van der Waals surface area contributed by atoms with Crippen molar-refractivity contribution >= 4 is 0 Å². The molecule has 112 valence electrons. The smallest absolute Gasteiger partial charge is 0.128 e. The molecular formula is C16H24FNO2. The van der Waals surface area contributed by atoms with Crippen LogP contribution in [0, 0.1) is 11.7 Å². The average Bonchev–Trinajstić information content (AvgIpc) is 3.17. The van der Waals surface area contributed by atoms with Gasteiger partial charge in [0.15, 0.2) is 0 Å². The van der Waals surface area contributed by atoms with E-state index in [1.807, 2.05) is 0 Å². The fourth-order valence-electron chi connectivity index (χ4n) is 2.45. The molecule has 1 aliphatic rings. The van der Waals surface area contributed by atoms with Gasteiger partial charge in [0.25, 0.3) is 0 Å². The summed E-state index contributed by atoms with van der Waals surface area (Å²) in [5.41, 5.74) is 0.526. The number of ether oxygens (including phenoxy) is 1. The van der Waals surface area contributed by atoms with Crippen LogP contribution < -0.4 is 5.32 Å². The second kappa shape index (κ2) is 7.72. The van der Waals surface area contributed by atoms with Gasteiger partial charge >= 0.3 is 0 Å². The standard InChI is InChI=1S/C16H24FNO2/c1-2-5-12-8-16(12)18-9-14(19)11-20-10-13-6-3-4-7-15(13)17/h3-4,6-7,12,14,16,18-19H,2,5,8-11H2,1H3. The zero-order valence-corrected chi connectivity index (χ0v) is 12.0. The fraction of sp³-hybridized carbons (Fsp3) is 0.625. The van der Waals surface area contributed by atoms with E-state index >= 15 is 0 Å². The van der Waals surface area contributed by atoms with E-state index in [4.69, 9.17) is 4.74 Å². The Morgan fingerprint density at radius 1 is 1.45 bits per heavy atom. The van der Waals surface area contributed by atoms with Gasteiger partial charge in [0.05, 0.1) is 19.3 Å². The second-order valence-electron chi connectivity index (χ2n) is 5.56. The largest absolute Gasteiger partial charge is 0.389 e. The molecule has 1 aromatic carbocycles. The number of halogens is 1. The Hall–Kier alpha value is -0.970. The first-order valence-electron chi connectivity index (χ1n) is 7.43. The minimum atomic E-state index is -0.537. The topological polar surface area (TPSA) is 41.5 Å². The van der Waals surface area contributed by atoms with E-state index in [9.17, 15) is 9.50 Å². The molecule has 4 heteroatoms. The van der Waals surface area contributed by atoms with Crippen molar-refractivity contribution in [3.8, 4) is 0 Å². The molecule has 0 spiro atoms. The molecule has 3 nitrogen and oxygen atoms in total. The maximum absolute atomic E-state index is 13.3. The van der Waals surface area contributed by atoms with Crippen LogP contribution in [-0.2, 0) is 11.3 Å². The van der Waals surface area contributed by atoms with Crippen molar-refractivity contribution in [1.29, 1.82) is 0 Å². The van der Waals surface area contributed by atoms with Crippen LogP contribution in [-0.4, -0.2) is 30.4 Å². The molecule has 0 aromatic heterocycles. The van der Waals surface area contributed by atoms with Gasteiger partial charge in [0.1, 0.15) is 5.82 Å². The maximum atomic E-state index is 13.3. The third-order valence-corrected chi connectivity index (χ3v) is 3.72. The van der Waals surface area contributed by atoms with Crippen LogP contribution >= 0.6 is 0 Å². The van der Waals surface area contributed by atoms with Crippen LogP contribution in [0.1, 0.15) is 31.7 Å². The lowest BCUT2D eigenvalue weighted by Gasteiger charge is -2.12. The summed E-state index contributed by atoms with van der Waals surface area (Å²) in [5, 5.41) is 13.2. The average molecular weight is 281 g/mol. The minimum Gasteiger partial charge on any atom is -0.389 e. The van der Waals surface area contributed by atoms with Crippen molar-refractivity contribution < 1.29 is 14.2 Å². The first kappa shape index (κ1) is 15.4. The molecular weight excluding hydrogens is 257 g/mol. The van der Waals surface area contributed by atoms with Gasteiger partial charge in [-0.3, -0.25) is 0 Å². The van der Waals surface area contributed by atoms with Crippen LogP contribution in [0.5, 0.6) is 0 Å². The number of aliphatic hydroxyl groups excluding tert-OH is 1. The summed E-state index contributed by atoms with van der Waals surface area (Å²) in [6.45, 7) is 3.17. The molecule has 2 N–H and O–H groups in total. The van der Waals surface area contributed by atoms with Gasteiger partial charge in [-0.2, -0.15) is 0 Å². The number of aliphatic hydroxyl groups is 1. The number of hydrogen-bond acceptors (Lipinski definition) is 3. The van der Waals surface area contributed by atoms with Crippen molar-refractivity contribution in [1.82, 2.24) is 5.32 Å². The predicted octanol–water partition coefficient (Wildman–Crippen LogP) is 2.48. The van der Waals surface area contributed by atoms with Gasteiger partial charge in [-0.1, -0.05) is 31.5 Å². The normalized spacial score (nSPS) is 22.8. The summed E-state index contributed by atoms with van der Waals surface area (Å²) in [4.78, 5) is 0. The summed E-state index contributed by atoms with van der Waals surface area (Å²) >= 11 is 0. The van der Waals surface area contributed by atoms with Crippen LogP contribution in [0.3, 0.4) is 0 Å². The first-order valence-corrected chi connectivity index (χ1v) is 7.43. The van der Waals surface area contributed by atoms with Crippen LogP contribution in [0.2, 0.25) is 0 Å². The van der Waals surface area contributed by atoms with Gasteiger partial charge in [-0.05, 0) is 24.8 Å². The Morgan fingerprint density at radius 2 is 2.25 bits per heavy atom. The van der Waals surface area contributed by atoms with Gasteiger partial charge in [0.2, 0.25) is 0 Å². The molecule has 0 radical (unpaired) electrons. The molecule has 0 saturated heterocycles. The molecule has 0 heterocycles. The molecule has 0 amide bonds. The molecule has 20 heavy (non-hydrogen) atoms. The zero-order chi connectivity index (χ0) is 14.4. The molecule has 0 aliphatic heterocycles. The minimum absolute atomic E-state index is 0.200. The Labute approximate surface area is 120 Å². The van der Waals surface area contributed by atoms with E-state index in [0.29, 0.717) is 18.2 Å². The van der Waals surface area contributed by atoms with E-state index in [-0.39, 0.29) is 19.0 Å². The summed E-state index contributed by atoms with van der Waals surface area (Å²) in [6.07, 6.45) is 3.16. The predicted molar refractivity (Wildman–Crippen MR) is 76.9 cm³/mol. The van der Waals surface area contributed by atoms with Gasteiger partial charge < -0.3 is 15.2 Å². The molecule has 0 bridgehead atoms. The fourth-order valence-corrected chi connectivity index (χ4v) is 2.45. The van der Waals surface area contributed by atoms with Gasteiger partial charge in [0, 0.05) is 18.2 Å². The quantitative estimate of drug-likeness (QED) is 0.730. The van der Waals surface area contributed by atoms with E-state index in [0.717, 1.165) is 5.92 Å². The maximum Gasteiger partial charge on any atom is 0.128 e. The van der Waals surface area contributed by atoms with Gasteiger partial charge in [-0.15, -0.1) is 0 Å². The molecule has 2 rings (SSSR count). The number of benzene rings is 1. The Balaban J connectivity index is 1.57. The van der Waals surface area contributed by atoms with E-state index in [2.05, 4.69) is 12.2 Å². The summed E-state index contributed by atoms with van der Waals surface area (Å²) < 4.78 is 18.7. The van der Waals surface area contributed by atoms with E-state index in [1.54, 1.807) is 18.2 Å². The highest BCUT2D eigenvalue weighted by molar-refractivity contribution is 5.16. The highest BCUT2D eigenvalue weighted by Crippen LogP contribution is 2.34. The third-order valence-electron chi connectivity index (χ3n) is 3.72. The molecule has 1 aromatic rings. The summed E-state index contributed by atoms with van der Waals surface area (Å²) in [5.74, 6) is 0.520. The molecule has 1 fully saturated rings. The Bertz CT molecular complexity index is 413. The van der Waals surface area contributed by atoms with Crippen molar-refractivity contribution in [3.63, 3.8) is 0 Å². The molecule has 1 saturated carbocycles. The number of nitrogens with one attached hydrogen (secondary N) is 1. The lowest BCUT2D eigenvalue weighted by atomic mass is 10.2. The molecule has 3 atom stereocenters. The third kappa shape index (κ3) is 4.85. The van der Waals surface area contributed by atoms with Crippen LogP contribution in [0.15, 0.2) is 24.3 Å². The van der Waals surface area contributed by atoms with Crippen molar-refractivity contribution in [2.24, 2.45) is 5.92 Å². The molecule has 1 aliphatic carbocycles. The van der Waals surface area contributed by atoms with Gasteiger partial charge in [-0.25, -0.2) is 4.39 Å². The summed E-state index contributed by atoms with van der Waals surface area (Å²) in [6, 6.07) is 7.11. The Morgan fingerprint density at radius 3 is 3.00 bits per heavy atom. The van der Waals surface area contributed by atoms with E-state index in [1.165, 1.54) is 25.3 Å². The SMILES string of the molecule is CCCC1CC1NCC(O)COCc1ccccc1F.